The van der Waals surface area contributed by atoms with Gasteiger partial charge in [-0.05, 0) is 19.1 Å². The molecule has 1 fully saturated rings. The lowest BCUT2D eigenvalue weighted by molar-refractivity contribution is -0.902. The van der Waals surface area contributed by atoms with E-state index in [0.29, 0.717) is 23.8 Å². The second-order valence-corrected chi connectivity index (χ2v) is 8.02. The molecular weight excluding hydrogens is 338 g/mol. The molecule has 8 heteroatoms. The van der Waals surface area contributed by atoms with Gasteiger partial charge in [0.25, 0.3) is 0 Å². The van der Waals surface area contributed by atoms with Crippen LogP contribution in [0.5, 0.6) is 0 Å². The van der Waals surface area contributed by atoms with Crippen molar-refractivity contribution >= 4 is 33.2 Å². The Hall–Kier alpha value is -1.31. The number of nitrogens with zero attached hydrogens (tertiary/aromatic N) is 2. The maximum absolute atomic E-state index is 12.5. The van der Waals surface area contributed by atoms with Crippen molar-refractivity contribution in [3.63, 3.8) is 0 Å². The molecular formula is C15H23ClN3O3S+. The number of hydrogen-bond donors (Lipinski definition) is 1. The van der Waals surface area contributed by atoms with Crippen molar-refractivity contribution in [1.29, 1.82) is 0 Å². The standard InChI is InChI=1S/C15H22ClN3O3S/c1-3-17-8-10-18(11-9-17)15(20)12-19(23(2,21)22)14-7-5-4-6-13(14)16/h4-7H,3,8-12H2,1-2H3/p+1. The molecule has 0 unspecified atom stereocenters. The highest BCUT2D eigenvalue weighted by atomic mass is 35.5. The molecule has 0 aromatic heterocycles. The minimum Gasteiger partial charge on any atom is -0.332 e. The number of sulfonamides is 1. The van der Waals surface area contributed by atoms with Crippen LogP contribution in [-0.2, 0) is 14.8 Å². The summed E-state index contributed by atoms with van der Waals surface area (Å²) in [5.74, 6) is -0.189. The first-order valence-corrected chi connectivity index (χ1v) is 9.89. The summed E-state index contributed by atoms with van der Waals surface area (Å²) < 4.78 is 25.3. The first kappa shape index (κ1) is 18.0. The van der Waals surface area contributed by atoms with Crippen LogP contribution < -0.4 is 9.21 Å². The Morgan fingerprint density at radius 3 is 2.43 bits per heavy atom. The number of amides is 1. The normalized spacial score (nSPS) is 16.4. The van der Waals surface area contributed by atoms with Crippen LogP contribution in [0.2, 0.25) is 5.02 Å². The molecule has 128 valence electrons. The lowest BCUT2D eigenvalue weighted by Gasteiger charge is -2.33. The number of carbonyl (C=O) groups is 1. The van der Waals surface area contributed by atoms with E-state index < -0.39 is 10.0 Å². The van der Waals surface area contributed by atoms with E-state index in [0.717, 1.165) is 30.2 Å². The van der Waals surface area contributed by atoms with E-state index in [1.54, 1.807) is 29.2 Å². The van der Waals surface area contributed by atoms with Crippen molar-refractivity contribution in [3.05, 3.63) is 29.3 Å². The Balaban J connectivity index is 2.13. The molecule has 0 spiro atoms. The maximum Gasteiger partial charge on any atom is 0.243 e. The molecule has 0 saturated carbocycles. The molecule has 1 aromatic carbocycles. The first-order chi connectivity index (χ1) is 10.8. The van der Waals surface area contributed by atoms with Gasteiger partial charge in [0.15, 0.2) is 0 Å². The maximum atomic E-state index is 12.5. The van der Waals surface area contributed by atoms with Crippen LogP contribution in [-0.4, -0.2) is 64.7 Å². The van der Waals surface area contributed by atoms with E-state index in [-0.39, 0.29) is 12.5 Å². The van der Waals surface area contributed by atoms with Gasteiger partial charge < -0.3 is 9.80 Å². The fraction of sp³-hybridized carbons (Fsp3) is 0.533. The van der Waals surface area contributed by atoms with Gasteiger partial charge in [-0.2, -0.15) is 0 Å². The number of para-hydroxylation sites is 1. The molecule has 0 aliphatic carbocycles. The number of halogens is 1. The fourth-order valence-electron chi connectivity index (χ4n) is 2.68. The quantitative estimate of drug-likeness (QED) is 0.794. The lowest BCUT2D eigenvalue weighted by atomic mass is 10.3. The molecule has 1 aliphatic heterocycles. The van der Waals surface area contributed by atoms with E-state index in [1.165, 1.54) is 4.90 Å². The van der Waals surface area contributed by atoms with Gasteiger partial charge in [-0.25, -0.2) is 8.42 Å². The highest BCUT2D eigenvalue weighted by Gasteiger charge is 2.28. The Kier molecular flexibility index (Phi) is 5.89. The second-order valence-electron chi connectivity index (χ2n) is 5.71. The summed E-state index contributed by atoms with van der Waals surface area (Å²) in [5, 5.41) is 0.311. The van der Waals surface area contributed by atoms with Crippen LogP contribution in [0, 0.1) is 0 Å². The van der Waals surface area contributed by atoms with Crippen LogP contribution in [0.15, 0.2) is 24.3 Å². The third-order valence-corrected chi connectivity index (χ3v) is 5.57. The van der Waals surface area contributed by atoms with E-state index in [4.69, 9.17) is 11.6 Å². The second kappa shape index (κ2) is 7.51. The van der Waals surface area contributed by atoms with Gasteiger partial charge >= 0.3 is 0 Å². The Morgan fingerprint density at radius 1 is 1.30 bits per heavy atom. The monoisotopic (exact) mass is 360 g/mol. The lowest BCUT2D eigenvalue weighted by Crippen LogP contribution is -3.14. The van der Waals surface area contributed by atoms with Gasteiger partial charge in [-0.15, -0.1) is 0 Å². The Labute approximate surface area is 142 Å². The smallest absolute Gasteiger partial charge is 0.243 e. The topological polar surface area (TPSA) is 62.1 Å². The van der Waals surface area contributed by atoms with Crippen molar-refractivity contribution in [2.75, 3.05) is 49.8 Å². The van der Waals surface area contributed by atoms with Gasteiger partial charge in [0.1, 0.15) is 6.54 Å². The van der Waals surface area contributed by atoms with E-state index >= 15 is 0 Å². The van der Waals surface area contributed by atoms with Crippen molar-refractivity contribution in [2.45, 2.75) is 6.92 Å². The van der Waals surface area contributed by atoms with E-state index in [2.05, 4.69) is 6.92 Å². The number of likely N-dealkylation sites (N-methyl/N-ethyl adjacent to an activating group) is 1. The highest BCUT2D eigenvalue weighted by molar-refractivity contribution is 7.92. The molecule has 1 aliphatic rings. The minimum atomic E-state index is -3.59. The van der Waals surface area contributed by atoms with Gasteiger partial charge in [-0.3, -0.25) is 9.10 Å². The van der Waals surface area contributed by atoms with Gasteiger partial charge in [-0.1, -0.05) is 23.7 Å². The van der Waals surface area contributed by atoms with Gasteiger partial charge in [0, 0.05) is 0 Å². The number of carbonyl (C=O) groups excluding carboxylic acids is 1. The summed E-state index contributed by atoms with van der Waals surface area (Å²) in [6.45, 7) is 6.04. The van der Waals surface area contributed by atoms with Crippen LogP contribution in [0.25, 0.3) is 0 Å². The zero-order valence-electron chi connectivity index (χ0n) is 13.5. The predicted molar refractivity (Wildman–Crippen MR) is 91.5 cm³/mol. The van der Waals surface area contributed by atoms with Crippen molar-refractivity contribution in [3.8, 4) is 0 Å². The molecule has 1 saturated heterocycles. The third kappa shape index (κ3) is 4.59. The Bertz CT molecular complexity index is 658. The van der Waals surface area contributed by atoms with Crippen LogP contribution in [0.4, 0.5) is 5.69 Å². The average Bonchev–Trinajstić information content (AvgIpc) is 2.52. The molecule has 0 atom stereocenters. The van der Waals surface area contributed by atoms with Gasteiger partial charge in [0.05, 0.1) is 49.7 Å². The van der Waals surface area contributed by atoms with E-state index in [1.807, 2.05) is 0 Å². The molecule has 1 heterocycles. The number of nitrogens with one attached hydrogen (secondary N) is 1. The molecule has 1 aromatic rings. The molecule has 6 nitrogen and oxygen atoms in total. The summed E-state index contributed by atoms with van der Waals surface area (Å²) in [6, 6.07) is 6.65. The number of piperazine rings is 1. The summed E-state index contributed by atoms with van der Waals surface area (Å²) >= 11 is 6.10. The number of anilines is 1. The van der Waals surface area contributed by atoms with E-state index in [9.17, 15) is 13.2 Å². The molecule has 23 heavy (non-hydrogen) atoms. The van der Waals surface area contributed by atoms with Crippen LogP contribution in [0.1, 0.15) is 6.92 Å². The molecule has 1 amide bonds. The number of benzene rings is 1. The number of hydrogen-bond acceptors (Lipinski definition) is 3. The van der Waals surface area contributed by atoms with Crippen LogP contribution >= 0.6 is 11.6 Å². The summed E-state index contributed by atoms with van der Waals surface area (Å²) in [7, 11) is -3.59. The predicted octanol–water partition coefficient (Wildman–Crippen LogP) is -0.147. The molecule has 0 bridgehead atoms. The molecule has 1 N–H and O–H groups in total. The average molecular weight is 361 g/mol. The molecule has 2 rings (SSSR count). The van der Waals surface area contributed by atoms with Crippen LogP contribution in [0.3, 0.4) is 0 Å². The number of quaternary nitrogens is 1. The number of rotatable bonds is 5. The summed E-state index contributed by atoms with van der Waals surface area (Å²) in [6.07, 6.45) is 1.09. The fourth-order valence-corrected chi connectivity index (χ4v) is 3.83. The van der Waals surface area contributed by atoms with Crippen molar-refractivity contribution in [2.24, 2.45) is 0 Å². The SMILES string of the molecule is CC[NH+]1CCN(C(=O)CN(c2ccccc2Cl)S(C)(=O)=O)CC1. The largest absolute Gasteiger partial charge is 0.332 e. The van der Waals surface area contributed by atoms with Crippen molar-refractivity contribution in [1.82, 2.24) is 4.90 Å². The zero-order valence-corrected chi connectivity index (χ0v) is 15.0. The summed E-state index contributed by atoms with van der Waals surface area (Å²) in [4.78, 5) is 15.7. The highest BCUT2D eigenvalue weighted by Crippen LogP contribution is 2.27. The van der Waals surface area contributed by atoms with Crippen molar-refractivity contribution < 1.29 is 18.1 Å². The van der Waals surface area contributed by atoms with Gasteiger partial charge in [0.2, 0.25) is 15.9 Å². The third-order valence-electron chi connectivity index (χ3n) is 4.12. The Morgan fingerprint density at radius 2 is 1.91 bits per heavy atom. The molecule has 0 radical (unpaired) electrons. The minimum absolute atomic E-state index is 0.189. The first-order valence-electron chi connectivity index (χ1n) is 7.66. The summed E-state index contributed by atoms with van der Waals surface area (Å²) in [5.41, 5.74) is 0.336. The zero-order chi connectivity index (χ0) is 17.0.